The summed E-state index contributed by atoms with van der Waals surface area (Å²) in [5, 5.41) is 33.8. The second-order valence-electron chi connectivity index (χ2n) is 2.48. The molecule has 82 valence electrons. The molecule has 0 aliphatic carbocycles. The van der Waals surface area contributed by atoms with E-state index in [0.717, 1.165) is 0 Å². The second-order valence-corrected chi connectivity index (χ2v) is 2.48. The summed E-state index contributed by atoms with van der Waals surface area (Å²) in [5.74, 6) is -5.02. The van der Waals surface area contributed by atoms with Gasteiger partial charge in [-0.15, -0.1) is 0 Å². The molecule has 7 nitrogen and oxygen atoms in total. The van der Waals surface area contributed by atoms with E-state index in [4.69, 9.17) is 20.4 Å². The molecule has 0 saturated carbocycles. The van der Waals surface area contributed by atoms with E-state index in [-0.39, 0.29) is 18.0 Å². The van der Waals surface area contributed by atoms with Gasteiger partial charge in [0.25, 0.3) is 0 Å². The number of aliphatic hydroxyl groups is 1. The van der Waals surface area contributed by atoms with Crippen LogP contribution in [0.25, 0.3) is 0 Å². The molecule has 0 fully saturated rings. The number of aliphatic carboxylic acids is 3. The molecular formula is C6H11AsO7. The van der Waals surface area contributed by atoms with E-state index in [1.165, 1.54) is 0 Å². The Morgan fingerprint density at radius 2 is 1.21 bits per heavy atom. The van der Waals surface area contributed by atoms with Crippen molar-refractivity contribution in [3.63, 3.8) is 0 Å². The number of carboxylic acid groups (broad SMARTS) is 3. The van der Waals surface area contributed by atoms with Crippen molar-refractivity contribution in [3.05, 3.63) is 0 Å². The minimum atomic E-state index is -2.74. The number of hydrogen-bond acceptors (Lipinski definition) is 4. The van der Waals surface area contributed by atoms with Gasteiger partial charge in [-0.1, -0.05) is 0 Å². The molecule has 0 amide bonds. The molecule has 8 heteroatoms. The summed E-state index contributed by atoms with van der Waals surface area (Å²) in [5.41, 5.74) is -2.74. The second kappa shape index (κ2) is 5.62. The predicted molar refractivity (Wildman–Crippen MR) is 47.0 cm³/mol. The first-order valence-electron chi connectivity index (χ1n) is 3.17. The van der Waals surface area contributed by atoms with E-state index in [1.54, 1.807) is 0 Å². The molecule has 0 aliphatic heterocycles. The molecule has 1 atom stereocenters. The van der Waals surface area contributed by atoms with E-state index in [0.29, 0.717) is 0 Å². The Kier molecular flexibility index (Phi) is 6.18. The van der Waals surface area contributed by atoms with Gasteiger partial charge in [0.15, 0.2) is 5.60 Å². The monoisotopic (exact) mass is 270 g/mol. The summed E-state index contributed by atoms with van der Waals surface area (Å²) in [4.78, 5) is 30.5. The Labute approximate surface area is 89.7 Å². The van der Waals surface area contributed by atoms with E-state index < -0.39 is 36.4 Å². The first kappa shape index (κ1) is 15.4. The average molecular weight is 270 g/mol. The topological polar surface area (TPSA) is 132 Å². The van der Waals surface area contributed by atoms with Gasteiger partial charge in [-0.3, -0.25) is 9.59 Å². The van der Waals surface area contributed by atoms with Crippen molar-refractivity contribution in [2.24, 2.45) is 0 Å². The molecule has 0 bridgehead atoms. The summed E-state index contributed by atoms with van der Waals surface area (Å²) < 4.78 is 0. The van der Waals surface area contributed by atoms with Gasteiger partial charge in [-0.05, 0) is 0 Å². The van der Waals surface area contributed by atoms with Crippen LogP contribution in [0.3, 0.4) is 0 Å². The van der Waals surface area contributed by atoms with E-state index in [1.807, 2.05) is 0 Å². The van der Waals surface area contributed by atoms with Crippen molar-refractivity contribution < 1.29 is 34.8 Å². The van der Waals surface area contributed by atoms with Crippen molar-refractivity contribution in [1.82, 2.24) is 0 Å². The summed E-state index contributed by atoms with van der Waals surface area (Å²) in [6, 6.07) is 0. The first-order valence-corrected chi connectivity index (χ1v) is 3.17. The van der Waals surface area contributed by atoms with Gasteiger partial charge in [-0.2, -0.15) is 0 Å². The van der Waals surface area contributed by atoms with Crippen LogP contribution < -0.4 is 0 Å². The van der Waals surface area contributed by atoms with E-state index in [9.17, 15) is 14.4 Å². The molecule has 0 saturated heterocycles. The Balaban J connectivity index is 0. The Hall–Kier alpha value is -1.07. The zero-order valence-electron chi connectivity index (χ0n) is 7.13. The van der Waals surface area contributed by atoms with Crippen LogP contribution >= 0.6 is 0 Å². The molecule has 0 radical (unpaired) electrons. The van der Waals surface area contributed by atoms with Crippen LogP contribution in [0.4, 0.5) is 0 Å². The zero-order chi connectivity index (χ0) is 10.6. The van der Waals surface area contributed by atoms with Crippen LogP contribution in [0, 0.1) is 0 Å². The van der Waals surface area contributed by atoms with Crippen molar-refractivity contribution in [3.8, 4) is 0 Å². The van der Waals surface area contributed by atoms with Crippen molar-refractivity contribution in [2.75, 3.05) is 0 Å². The molecule has 1 unspecified atom stereocenters. The average Bonchev–Trinajstić information content (AvgIpc) is 1.82. The Morgan fingerprint density at radius 1 is 0.929 bits per heavy atom. The molecule has 0 rings (SSSR count). The fourth-order valence-corrected chi connectivity index (χ4v) is 0.714. The third-order valence-electron chi connectivity index (χ3n) is 1.29. The van der Waals surface area contributed by atoms with Crippen LogP contribution in [-0.4, -0.2) is 61.9 Å². The predicted octanol–water partition coefficient (Wildman–Crippen LogP) is -2.43. The minimum absolute atomic E-state index is 0. The van der Waals surface area contributed by atoms with Crippen LogP contribution in [0.5, 0.6) is 0 Å². The maximum atomic E-state index is 10.3. The van der Waals surface area contributed by atoms with Crippen LogP contribution in [-0.2, 0) is 14.4 Å². The van der Waals surface area contributed by atoms with Gasteiger partial charge >= 0.3 is 35.9 Å². The van der Waals surface area contributed by atoms with Crippen LogP contribution in [0.15, 0.2) is 0 Å². The maximum absolute atomic E-state index is 10.3. The molecule has 0 aromatic carbocycles. The molecule has 0 heterocycles. The van der Waals surface area contributed by atoms with Gasteiger partial charge in [0, 0.05) is 0 Å². The Morgan fingerprint density at radius 3 is 1.36 bits per heavy atom. The van der Waals surface area contributed by atoms with Crippen LogP contribution in [0.1, 0.15) is 12.8 Å². The summed E-state index contributed by atoms with van der Waals surface area (Å²) in [6.45, 7) is 0. The third kappa shape index (κ3) is 4.83. The standard InChI is InChI=1S/C6H8O7.AsH3/c7-3(8)1-6(13,5(11)12)2-4(9)10;/h13H,1-2H2,(H,7,8)(H,9,10)(H,11,12);1H3. The Bertz CT molecular complexity index is 233. The zero-order valence-corrected chi connectivity index (χ0v) is 10.1. The number of carbonyl (C=O) groups is 3. The quantitative estimate of drug-likeness (QED) is 0.408. The first-order chi connectivity index (χ1) is 5.78. The molecular weight excluding hydrogens is 259 g/mol. The van der Waals surface area contributed by atoms with Gasteiger partial charge in [-0.25, -0.2) is 4.79 Å². The number of carboxylic acids is 3. The molecule has 0 aliphatic rings. The molecule has 0 aromatic rings. The molecule has 0 aromatic heterocycles. The fraction of sp³-hybridized carbons (Fsp3) is 0.500. The number of rotatable bonds is 5. The molecule has 14 heavy (non-hydrogen) atoms. The summed E-state index contributed by atoms with van der Waals surface area (Å²) in [7, 11) is 0. The van der Waals surface area contributed by atoms with Crippen molar-refractivity contribution >= 4 is 35.9 Å². The third-order valence-corrected chi connectivity index (χ3v) is 1.29. The SMILES string of the molecule is O=C(O)CC(O)(CC(=O)O)C(=O)O.[AsH3]. The normalized spacial score (nSPS) is 10.1. The van der Waals surface area contributed by atoms with E-state index >= 15 is 0 Å². The number of hydrogen-bond donors (Lipinski definition) is 4. The molecule has 0 spiro atoms. The summed E-state index contributed by atoms with van der Waals surface area (Å²) >= 11 is 0. The van der Waals surface area contributed by atoms with Gasteiger partial charge in [0.05, 0.1) is 12.8 Å². The van der Waals surface area contributed by atoms with Gasteiger partial charge in [0.2, 0.25) is 0 Å². The summed E-state index contributed by atoms with van der Waals surface area (Å²) in [6.07, 6.45) is -2.29. The molecule has 4 N–H and O–H groups in total. The van der Waals surface area contributed by atoms with Gasteiger partial charge < -0.3 is 20.4 Å². The van der Waals surface area contributed by atoms with E-state index in [2.05, 4.69) is 0 Å². The van der Waals surface area contributed by atoms with Crippen molar-refractivity contribution in [2.45, 2.75) is 18.4 Å². The van der Waals surface area contributed by atoms with Crippen LogP contribution in [0.2, 0.25) is 0 Å². The fourth-order valence-electron chi connectivity index (χ4n) is 0.714. The van der Waals surface area contributed by atoms with Crippen molar-refractivity contribution in [1.29, 1.82) is 0 Å². The van der Waals surface area contributed by atoms with Gasteiger partial charge in [0.1, 0.15) is 0 Å².